The Balaban J connectivity index is 1.55. The third-order valence-corrected chi connectivity index (χ3v) is 4.96. The van der Waals surface area contributed by atoms with Gasteiger partial charge < -0.3 is 10.2 Å². The summed E-state index contributed by atoms with van der Waals surface area (Å²) in [7, 11) is 0. The maximum absolute atomic E-state index is 12.9. The topological polar surface area (TPSA) is 48.5 Å². The van der Waals surface area contributed by atoms with Gasteiger partial charge in [-0.3, -0.25) is 4.90 Å². The van der Waals surface area contributed by atoms with Gasteiger partial charge in [0.25, 0.3) is 0 Å². The van der Waals surface area contributed by atoms with E-state index in [-0.39, 0.29) is 6.03 Å². The normalized spacial score (nSPS) is 13.2. The predicted molar refractivity (Wildman–Crippen MR) is 114 cm³/mol. The monoisotopic (exact) mass is 372 g/mol. The zero-order valence-corrected chi connectivity index (χ0v) is 16.2. The average Bonchev–Trinajstić information content (AvgIpc) is 2.70. The molecule has 5 heteroatoms. The van der Waals surface area contributed by atoms with Gasteiger partial charge in [0.2, 0.25) is 0 Å². The number of anilines is 3. The van der Waals surface area contributed by atoms with Crippen LogP contribution in [0.2, 0.25) is 0 Å². The fraction of sp³-hybridized carbons (Fsp3) is 0.217. The minimum Gasteiger partial charge on any atom is -0.349 e. The molecule has 0 atom stereocenters. The number of fused-ring (bicyclic) bond motifs is 1. The van der Waals surface area contributed by atoms with Crippen molar-refractivity contribution in [1.82, 2.24) is 4.98 Å². The van der Waals surface area contributed by atoms with Crippen molar-refractivity contribution in [2.75, 3.05) is 28.2 Å². The lowest BCUT2D eigenvalue weighted by Gasteiger charge is -2.36. The molecule has 0 radical (unpaired) electrons. The van der Waals surface area contributed by atoms with E-state index in [0.29, 0.717) is 6.54 Å². The number of urea groups is 1. The minimum atomic E-state index is -0.130. The molecule has 0 saturated heterocycles. The molecule has 0 unspecified atom stereocenters. The van der Waals surface area contributed by atoms with Crippen molar-refractivity contribution >= 4 is 23.2 Å². The third kappa shape index (κ3) is 3.83. The van der Waals surface area contributed by atoms with Gasteiger partial charge >= 0.3 is 6.03 Å². The fourth-order valence-corrected chi connectivity index (χ4v) is 3.48. The summed E-state index contributed by atoms with van der Waals surface area (Å²) >= 11 is 0. The molecule has 28 heavy (non-hydrogen) atoms. The summed E-state index contributed by atoms with van der Waals surface area (Å²) in [5, 5.41) is 3.00. The number of amides is 2. The van der Waals surface area contributed by atoms with E-state index in [0.717, 1.165) is 35.8 Å². The molecule has 0 spiro atoms. The summed E-state index contributed by atoms with van der Waals surface area (Å²) in [5.41, 5.74) is 5.24. The van der Waals surface area contributed by atoms with Crippen molar-refractivity contribution in [3.05, 3.63) is 83.6 Å². The highest BCUT2D eigenvalue weighted by Crippen LogP contribution is 2.32. The van der Waals surface area contributed by atoms with E-state index in [9.17, 15) is 4.79 Å². The summed E-state index contributed by atoms with van der Waals surface area (Å²) < 4.78 is 0. The van der Waals surface area contributed by atoms with Gasteiger partial charge in [-0.15, -0.1) is 0 Å². The number of pyridine rings is 1. The smallest absolute Gasteiger partial charge is 0.326 e. The lowest BCUT2D eigenvalue weighted by atomic mass is 10.1. The third-order valence-electron chi connectivity index (χ3n) is 4.96. The van der Waals surface area contributed by atoms with E-state index in [1.54, 1.807) is 11.1 Å². The van der Waals surface area contributed by atoms with Crippen LogP contribution in [0.15, 0.2) is 66.9 Å². The minimum absolute atomic E-state index is 0.130. The van der Waals surface area contributed by atoms with Gasteiger partial charge in [-0.2, -0.15) is 0 Å². The summed E-state index contributed by atoms with van der Waals surface area (Å²) in [6, 6.07) is 20.1. The molecule has 142 valence electrons. The number of aromatic nitrogens is 1. The van der Waals surface area contributed by atoms with Gasteiger partial charge in [-0.1, -0.05) is 42.0 Å². The van der Waals surface area contributed by atoms with Gasteiger partial charge in [0.15, 0.2) is 5.82 Å². The van der Waals surface area contributed by atoms with Crippen LogP contribution < -0.4 is 15.1 Å². The molecule has 1 N–H and O–H groups in total. The number of rotatable bonds is 3. The van der Waals surface area contributed by atoms with Crippen LogP contribution >= 0.6 is 0 Å². The first kappa shape index (κ1) is 18.0. The summed E-state index contributed by atoms with van der Waals surface area (Å²) in [4.78, 5) is 21.5. The highest BCUT2D eigenvalue weighted by atomic mass is 16.2. The lowest BCUT2D eigenvalue weighted by Crippen LogP contribution is -2.46. The lowest BCUT2D eigenvalue weighted by molar-refractivity contribution is 0.256. The largest absolute Gasteiger partial charge is 0.349 e. The molecule has 5 nitrogen and oxygen atoms in total. The van der Waals surface area contributed by atoms with E-state index in [4.69, 9.17) is 0 Å². The molecule has 2 heterocycles. The Morgan fingerprint density at radius 1 is 1.00 bits per heavy atom. The predicted octanol–water partition coefficient (Wildman–Crippen LogP) is 4.76. The Kier molecular flexibility index (Phi) is 4.98. The van der Waals surface area contributed by atoms with Crippen LogP contribution in [0.4, 0.5) is 22.0 Å². The summed E-state index contributed by atoms with van der Waals surface area (Å²) in [6.07, 6.45) is 1.78. The second-order valence-electron chi connectivity index (χ2n) is 7.20. The van der Waals surface area contributed by atoms with Crippen molar-refractivity contribution in [1.29, 1.82) is 0 Å². The molecule has 2 aromatic carbocycles. The van der Waals surface area contributed by atoms with Crippen LogP contribution in [0.3, 0.4) is 0 Å². The SMILES string of the molecule is Cc1ccc(CN2CCN(C(=O)Nc3cccc(C)c3)c3cccnc32)cc1. The van der Waals surface area contributed by atoms with Crippen LogP contribution in [0.1, 0.15) is 16.7 Å². The first-order valence-electron chi connectivity index (χ1n) is 9.51. The fourth-order valence-electron chi connectivity index (χ4n) is 3.48. The summed E-state index contributed by atoms with van der Waals surface area (Å²) in [5.74, 6) is 0.841. The number of hydrogen-bond donors (Lipinski definition) is 1. The van der Waals surface area contributed by atoms with Gasteiger partial charge in [-0.25, -0.2) is 9.78 Å². The second kappa shape index (κ2) is 7.72. The molecule has 0 fully saturated rings. The summed E-state index contributed by atoms with van der Waals surface area (Å²) in [6.45, 7) is 6.23. The maximum atomic E-state index is 12.9. The quantitative estimate of drug-likeness (QED) is 0.721. The Hall–Kier alpha value is -3.34. The standard InChI is InChI=1S/C23H24N4O/c1-17-8-10-19(11-9-17)16-26-13-14-27(21-7-4-12-24-22(21)26)23(28)25-20-6-3-5-18(2)15-20/h3-12,15H,13-14,16H2,1-2H3,(H,25,28). The van der Waals surface area contributed by atoms with Crippen LogP contribution in [0.5, 0.6) is 0 Å². The highest BCUT2D eigenvalue weighted by Gasteiger charge is 2.27. The van der Waals surface area contributed by atoms with Crippen molar-refractivity contribution in [3.8, 4) is 0 Å². The van der Waals surface area contributed by atoms with Crippen molar-refractivity contribution in [3.63, 3.8) is 0 Å². The molecule has 1 aromatic heterocycles. The van der Waals surface area contributed by atoms with Crippen LogP contribution in [0.25, 0.3) is 0 Å². The van der Waals surface area contributed by atoms with Gasteiger partial charge in [-0.05, 0) is 49.2 Å². The van der Waals surface area contributed by atoms with Crippen LogP contribution in [0, 0.1) is 13.8 Å². The van der Waals surface area contributed by atoms with E-state index in [2.05, 4.69) is 46.4 Å². The zero-order valence-electron chi connectivity index (χ0n) is 16.2. The first-order chi connectivity index (χ1) is 13.6. The van der Waals surface area contributed by atoms with E-state index < -0.39 is 0 Å². The number of nitrogens with one attached hydrogen (secondary N) is 1. The van der Waals surface area contributed by atoms with Gasteiger partial charge in [0, 0.05) is 31.5 Å². The van der Waals surface area contributed by atoms with Crippen LogP contribution in [-0.2, 0) is 6.54 Å². The number of nitrogens with zero attached hydrogens (tertiary/aromatic N) is 3. The number of hydrogen-bond acceptors (Lipinski definition) is 3. The molecule has 0 aliphatic carbocycles. The Bertz CT molecular complexity index is 984. The molecule has 1 aliphatic rings. The second-order valence-corrected chi connectivity index (χ2v) is 7.20. The molecule has 0 saturated carbocycles. The molecular weight excluding hydrogens is 348 g/mol. The van der Waals surface area contributed by atoms with E-state index in [1.807, 2.05) is 43.3 Å². The number of carbonyl (C=O) groups excluding carboxylic acids is 1. The molecule has 0 bridgehead atoms. The zero-order chi connectivity index (χ0) is 19.5. The van der Waals surface area contributed by atoms with Crippen molar-refractivity contribution < 1.29 is 4.79 Å². The molecule has 2 amide bonds. The number of carbonyl (C=O) groups is 1. The van der Waals surface area contributed by atoms with Crippen molar-refractivity contribution in [2.45, 2.75) is 20.4 Å². The molecule has 3 aromatic rings. The van der Waals surface area contributed by atoms with E-state index >= 15 is 0 Å². The average molecular weight is 372 g/mol. The Labute approximate surface area is 165 Å². The highest BCUT2D eigenvalue weighted by molar-refractivity contribution is 6.04. The Morgan fingerprint density at radius 2 is 1.82 bits per heavy atom. The number of aryl methyl sites for hydroxylation is 2. The molecular formula is C23H24N4O. The Morgan fingerprint density at radius 3 is 2.61 bits per heavy atom. The maximum Gasteiger partial charge on any atom is 0.326 e. The van der Waals surface area contributed by atoms with Crippen LogP contribution in [-0.4, -0.2) is 24.1 Å². The van der Waals surface area contributed by atoms with Gasteiger partial charge in [0.05, 0.1) is 5.69 Å². The number of benzene rings is 2. The first-order valence-corrected chi connectivity index (χ1v) is 9.51. The van der Waals surface area contributed by atoms with E-state index in [1.165, 1.54) is 11.1 Å². The molecule has 1 aliphatic heterocycles. The molecule has 4 rings (SSSR count). The van der Waals surface area contributed by atoms with Gasteiger partial charge in [0.1, 0.15) is 0 Å². The van der Waals surface area contributed by atoms with Crippen molar-refractivity contribution in [2.24, 2.45) is 0 Å².